The Bertz CT molecular complexity index is 551. The largest absolute Gasteiger partial charge is 0.370 e. The van der Waals surface area contributed by atoms with E-state index in [9.17, 15) is 4.79 Å². The van der Waals surface area contributed by atoms with E-state index in [1.54, 1.807) is 6.20 Å². The van der Waals surface area contributed by atoms with Gasteiger partial charge >= 0.3 is 0 Å². The number of nitrogens with zero attached hydrogens (tertiary/aromatic N) is 1. The van der Waals surface area contributed by atoms with E-state index in [4.69, 9.17) is 4.74 Å². The van der Waals surface area contributed by atoms with Gasteiger partial charge in [-0.2, -0.15) is 0 Å². The highest BCUT2D eigenvalue weighted by Crippen LogP contribution is 2.15. The van der Waals surface area contributed by atoms with E-state index in [1.807, 2.05) is 44.2 Å². The number of aromatic nitrogens is 1. The van der Waals surface area contributed by atoms with E-state index in [-0.39, 0.29) is 11.9 Å². The quantitative estimate of drug-likeness (QED) is 0.757. The Morgan fingerprint density at radius 2 is 2.11 bits per heavy atom. The van der Waals surface area contributed by atoms with Crippen molar-refractivity contribution in [2.75, 3.05) is 6.61 Å². The molecule has 94 valence electrons. The molecule has 2 rings (SSSR count). The van der Waals surface area contributed by atoms with E-state index in [0.29, 0.717) is 18.6 Å². The summed E-state index contributed by atoms with van der Waals surface area (Å²) in [6.45, 7) is 4.40. The van der Waals surface area contributed by atoms with E-state index in [2.05, 4.69) is 4.98 Å². The van der Waals surface area contributed by atoms with Crippen LogP contribution in [0.4, 0.5) is 0 Å². The lowest BCUT2D eigenvalue weighted by molar-refractivity contribution is 0.0443. The van der Waals surface area contributed by atoms with Crippen molar-refractivity contribution in [2.24, 2.45) is 0 Å². The summed E-state index contributed by atoms with van der Waals surface area (Å²) in [6, 6.07) is 9.65. The third-order valence-electron chi connectivity index (χ3n) is 2.91. The Hall–Kier alpha value is -1.74. The molecule has 1 unspecified atom stereocenters. The summed E-state index contributed by atoms with van der Waals surface area (Å²) in [5, 5.41) is 0.981. The van der Waals surface area contributed by atoms with Crippen molar-refractivity contribution >= 4 is 16.7 Å². The predicted molar refractivity (Wildman–Crippen MR) is 71.8 cm³/mol. The van der Waals surface area contributed by atoms with Crippen LogP contribution >= 0.6 is 0 Å². The summed E-state index contributed by atoms with van der Waals surface area (Å²) in [4.78, 5) is 16.5. The molecule has 0 fully saturated rings. The second-order valence-electron chi connectivity index (χ2n) is 4.13. The number of benzene rings is 1. The molecule has 0 saturated carbocycles. The summed E-state index contributed by atoms with van der Waals surface area (Å²) in [5.74, 6) is 0.0117. The fourth-order valence-corrected chi connectivity index (χ4v) is 1.97. The van der Waals surface area contributed by atoms with E-state index >= 15 is 0 Å². The Morgan fingerprint density at radius 1 is 1.33 bits per heavy atom. The van der Waals surface area contributed by atoms with Crippen LogP contribution in [-0.4, -0.2) is 23.5 Å². The second-order valence-corrected chi connectivity index (χ2v) is 4.13. The van der Waals surface area contributed by atoms with Crippen LogP contribution in [0.5, 0.6) is 0 Å². The van der Waals surface area contributed by atoms with Crippen LogP contribution in [0.15, 0.2) is 36.5 Å². The molecule has 0 radical (unpaired) electrons. The molecule has 1 aromatic heterocycles. The SMILES string of the molecule is CCOC(CC)C(=O)c1cnc2ccccc2c1. The molecular weight excluding hydrogens is 226 g/mol. The van der Waals surface area contributed by atoms with Gasteiger partial charge in [0, 0.05) is 23.8 Å². The van der Waals surface area contributed by atoms with Crippen LogP contribution in [-0.2, 0) is 4.74 Å². The molecule has 3 heteroatoms. The molecule has 1 atom stereocenters. The topological polar surface area (TPSA) is 39.2 Å². The van der Waals surface area contributed by atoms with Crippen LogP contribution < -0.4 is 0 Å². The number of ketones is 1. The number of para-hydroxylation sites is 1. The van der Waals surface area contributed by atoms with Gasteiger partial charge in [0.05, 0.1) is 5.52 Å². The van der Waals surface area contributed by atoms with Gasteiger partial charge in [0.15, 0.2) is 5.78 Å². The number of Topliss-reactive ketones (excluding diaryl/α,β-unsaturated/α-hetero) is 1. The zero-order valence-corrected chi connectivity index (χ0v) is 10.7. The lowest BCUT2D eigenvalue weighted by Gasteiger charge is -2.13. The number of fused-ring (bicyclic) bond motifs is 1. The number of ether oxygens (including phenoxy) is 1. The fourth-order valence-electron chi connectivity index (χ4n) is 1.97. The number of carbonyl (C=O) groups is 1. The number of hydrogen-bond donors (Lipinski definition) is 0. The third kappa shape index (κ3) is 2.57. The first-order valence-corrected chi connectivity index (χ1v) is 6.26. The van der Waals surface area contributed by atoms with Gasteiger partial charge < -0.3 is 4.74 Å². The fraction of sp³-hybridized carbons (Fsp3) is 0.333. The molecule has 2 aromatic rings. The van der Waals surface area contributed by atoms with E-state index < -0.39 is 0 Å². The molecule has 0 N–H and O–H groups in total. The standard InChI is InChI=1S/C15H17NO2/c1-3-14(18-4-2)15(17)12-9-11-7-5-6-8-13(11)16-10-12/h5-10,14H,3-4H2,1-2H3. The van der Waals surface area contributed by atoms with Crippen molar-refractivity contribution < 1.29 is 9.53 Å². The molecule has 0 saturated heterocycles. The molecule has 0 aliphatic heterocycles. The lowest BCUT2D eigenvalue weighted by atomic mass is 10.0. The Morgan fingerprint density at radius 3 is 2.83 bits per heavy atom. The molecule has 18 heavy (non-hydrogen) atoms. The van der Waals surface area contributed by atoms with Crippen LogP contribution in [0, 0.1) is 0 Å². The molecule has 1 aromatic carbocycles. The van der Waals surface area contributed by atoms with Crippen molar-refractivity contribution in [3.05, 3.63) is 42.1 Å². The molecule has 0 bridgehead atoms. The van der Waals surface area contributed by atoms with Crippen LogP contribution in [0.2, 0.25) is 0 Å². The molecule has 3 nitrogen and oxygen atoms in total. The van der Waals surface area contributed by atoms with Crippen LogP contribution in [0.25, 0.3) is 10.9 Å². The second kappa shape index (κ2) is 5.74. The lowest BCUT2D eigenvalue weighted by Crippen LogP contribution is -2.23. The van der Waals surface area contributed by atoms with Crippen LogP contribution in [0.1, 0.15) is 30.6 Å². The minimum atomic E-state index is -0.363. The summed E-state index contributed by atoms with van der Waals surface area (Å²) in [7, 11) is 0. The number of rotatable bonds is 5. The van der Waals surface area contributed by atoms with Gasteiger partial charge in [0.2, 0.25) is 0 Å². The first-order valence-electron chi connectivity index (χ1n) is 6.26. The van der Waals surface area contributed by atoms with Gasteiger partial charge in [0.25, 0.3) is 0 Å². The van der Waals surface area contributed by atoms with E-state index in [1.165, 1.54) is 0 Å². The highest BCUT2D eigenvalue weighted by molar-refractivity contribution is 6.01. The van der Waals surface area contributed by atoms with Gasteiger partial charge in [-0.05, 0) is 25.5 Å². The highest BCUT2D eigenvalue weighted by Gasteiger charge is 2.18. The van der Waals surface area contributed by atoms with E-state index in [0.717, 1.165) is 10.9 Å². The summed E-state index contributed by atoms with van der Waals surface area (Å²) >= 11 is 0. The normalized spacial score (nSPS) is 12.6. The van der Waals surface area contributed by atoms with Crippen molar-refractivity contribution in [1.29, 1.82) is 0 Å². The van der Waals surface area contributed by atoms with Gasteiger partial charge in [-0.1, -0.05) is 25.1 Å². The van der Waals surface area contributed by atoms with Gasteiger partial charge in [-0.25, -0.2) is 0 Å². The maximum atomic E-state index is 12.2. The van der Waals surface area contributed by atoms with Crippen molar-refractivity contribution in [3.63, 3.8) is 0 Å². The van der Waals surface area contributed by atoms with Crippen molar-refractivity contribution in [1.82, 2.24) is 4.98 Å². The number of hydrogen-bond acceptors (Lipinski definition) is 3. The zero-order valence-electron chi connectivity index (χ0n) is 10.7. The highest BCUT2D eigenvalue weighted by atomic mass is 16.5. The molecule has 0 aliphatic rings. The summed E-state index contributed by atoms with van der Waals surface area (Å²) in [6.07, 6.45) is 1.95. The Kier molecular flexibility index (Phi) is 4.05. The zero-order chi connectivity index (χ0) is 13.0. The Labute approximate surface area is 107 Å². The molecule has 0 amide bonds. The predicted octanol–water partition coefficient (Wildman–Crippen LogP) is 3.23. The maximum absolute atomic E-state index is 12.2. The first-order chi connectivity index (χ1) is 8.76. The van der Waals surface area contributed by atoms with Crippen molar-refractivity contribution in [2.45, 2.75) is 26.4 Å². The maximum Gasteiger partial charge on any atom is 0.193 e. The Balaban J connectivity index is 2.32. The van der Waals surface area contributed by atoms with Crippen molar-refractivity contribution in [3.8, 4) is 0 Å². The third-order valence-corrected chi connectivity index (χ3v) is 2.91. The molecular formula is C15H17NO2. The van der Waals surface area contributed by atoms with Gasteiger partial charge in [-0.15, -0.1) is 0 Å². The summed E-state index contributed by atoms with van der Waals surface area (Å²) < 4.78 is 5.44. The number of carbonyl (C=O) groups excluding carboxylic acids is 1. The minimum Gasteiger partial charge on any atom is -0.370 e. The minimum absolute atomic E-state index is 0.0117. The number of pyridine rings is 1. The summed E-state index contributed by atoms with van der Waals surface area (Å²) in [5.41, 5.74) is 1.52. The molecule has 1 heterocycles. The average Bonchev–Trinajstić information content (AvgIpc) is 2.43. The molecule has 0 aliphatic carbocycles. The monoisotopic (exact) mass is 243 g/mol. The average molecular weight is 243 g/mol. The first kappa shape index (κ1) is 12.7. The molecule has 0 spiro atoms. The van der Waals surface area contributed by atoms with Crippen LogP contribution in [0.3, 0.4) is 0 Å². The van der Waals surface area contributed by atoms with Gasteiger partial charge in [0.1, 0.15) is 6.10 Å². The van der Waals surface area contributed by atoms with Gasteiger partial charge in [-0.3, -0.25) is 9.78 Å². The smallest absolute Gasteiger partial charge is 0.193 e.